The van der Waals surface area contributed by atoms with Crippen LogP contribution in [0.2, 0.25) is 0 Å². The molecule has 4 aromatic rings. The van der Waals surface area contributed by atoms with Gasteiger partial charge in [0.25, 0.3) is 11.8 Å². The second-order valence-electron chi connectivity index (χ2n) is 18.1. The summed E-state index contributed by atoms with van der Waals surface area (Å²) in [6.45, 7) is 16.8. The van der Waals surface area contributed by atoms with Crippen LogP contribution in [0.3, 0.4) is 0 Å². The number of allylic oxidation sites excluding steroid dienone is 1. The SMILES string of the molecule is COc1cc(C(=O)N(C)c2ccc(C)cc2OCCCCC(=C=O)N2CCN(C)CC2)ccc1C(=O)Nc1cccc2c1nc(NCCN(C)C(=O)OC(C)(C)C)n2C(=O)OC(C)(C)C. The number of carbonyl (C=O) groups excluding carboxylic acids is 5. The molecule has 17 nitrogen and oxygen atoms in total. The third-order valence-corrected chi connectivity index (χ3v) is 10.5. The number of hydrogen-bond donors (Lipinski definition) is 2. The predicted molar refractivity (Wildman–Crippen MR) is 251 cm³/mol. The number of anilines is 3. The molecule has 1 fully saturated rings. The lowest BCUT2D eigenvalue weighted by Crippen LogP contribution is -2.44. The van der Waals surface area contributed by atoms with Crippen LogP contribution in [0.4, 0.5) is 26.9 Å². The standard InChI is InChI=1S/C48H64N8O9/c1-32-18-21-37(40(29-32)63-28-13-12-15-34(31-57)55-26-24-52(8)25-27-55)54(10)43(59)33-19-20-35(39(30-33)62-11)42(58)50-36-16-14-17-38-41(36)51-44(56(38)46(61)65-48(5,6)7)49-22-23-53(9)45(60)64-47(2,3)4/h14,16-21,29-30H,12-13,15,22-28H2,1-11H3,(H,49,51)(H,50,58). The topological polar surface area (TPSA) is 177 Å². The van der Waals surface area contributed by atoms with Crippen molar-refractivity contribution in [2.24, 2.45) is 0 Å². The van der Waals surface area contributed by atoms with Crippen molar-refractivity contribution < 1.29 is 42.9 Å². The van der Waals surface area contributed by atoms with Gasteiger partial charge in [0.1, 0.15) is 34.2 Å². The first-order valence-electron chi connectivity index (χ1n) is 21.8. The Morgan fingerprint density at radius 2 is 1.58 bits per heavy atom. The molecule has 0 atom stereocenters. The van der Waals surface area contributed by atoms with Gasteiger partial charge in [-0.1, -0.05) is 12.1 Å². The minimum absolute atomic E-state index is 0.141. The van der Waals surface area contributed by atoms with Crippen molar-refractivity contribution in [1.82, 2.24) is 24.3 Å². The molecular formula is C48H64N8O9. The molecule has 5 rings (SSSR count). The normalized spacial score (nSPS) is 13.1. The van der Waals surface area contributed by atoms with E-state index < -0.39 is 29.3 Å². The molecule has 1 aromatic heterocycles. The Kier molecular flexibility index (Phi) is 16.3. The van der Waals surface area contributed by atoms with Crippen molar-refractivity contribution >= 4 is 58.3 Å². The van der Waals surface area contributed by atoms with Gasteiger partial charge in [-0.2, -0.15) is 0 Å². The molecule has 0 unspecified atom stereocenters. The number of hydrogen-bond acceptors (Lipinski definition) is 13. The van der Waals surface area contributed by atoms with Crippen LogP contribution in [0.15, 0.2) is 60.3 Å². The highest BCUT2D eigenvalue weighted by Crippen LogP contribution is 2.33. The van der Waals surface area contributed by atoms with Crippen molar-refractivity contribution in [3.8, 4) is 11.5 Å². The Labute approximate surface area is 381 Å². The maximum atomic E-state index is 14.0. The first-order valence-corrected chi connectivity index (χ1v) is 21.8. The Balaban J connectivity index is 1.29. The minimum Gasteiger partial charge on any atom is -0.496 e. The summed E-state index contributed by atoms with van der Waals surface area (Å²) in [7, 11) is 6.75. The van der Waals surface area contributed by atoms with E-state index in [0.717, 1.165) is 38.2 Å². The molecule has 17 heteroatoms. The van der Waals surface area contributed by atoms with Gasteiger partial charge in [-0.3, -0.25) is 9.59 Å². The average Bonchev–Trinajstić information content (AvgIpc) is 3.63. The molecule has 0 spiro atoms. The fourth-order valence-corrected chi connectivity index (χ4v) is 7.02. The van der Waals surface area contributed by atoms with E-state index in [1.165, 1.54) is 33.6 Å². The molecule has 2 heterocycles. The quantitative estimate of drug-likeness (QED) is 0.0838. The lowest BCUT2D eigenvalue weighted by atomic mass is 10.1. The van der Waals surface area contributed by atoms with Crippen molar-refractivity contribution in [3.05, 3.63) is 77.0 Å². The number of benzene rings is 3. The number of carbonyl (C=O) groups is 4. The van der Waals surface area contributed by atoms with Crippen molar-refractivity contribution in [3.63, 3.8) is 0 Å². The van der Waals surface area contributed by atoms with Crippen LogP contribution >= 0.6 is 0 Å². The Bertz CT molecular complexity index is 2400. The summed E-state index contributed by atoms with van der Waals surface area (Å²) in [6, 6.07) is 15.2. The number of para-hydroxylation sites is 1. The number of aryl methyl sites for hydroxylation is 1. The number of aromatic nitrogens is 2. The van der Waals surface area contributed by atoms with E-state index in [0.29, 0.717) is 53.3 Å². The van der Waals surface area contributed by atoms with Crippen LogP contribution in [0, 0.1) is 6.92 Å². The molecule has 2 N–H and O–H groups in total. The third kappa shape index (κ3) is 13.2. The van der Waals surface area contributed by atoms with Crippen LogP contribution < -0.4 is 25.0 Å². The number of nitrogens with one attached hydrogen (secondary N) is 2. The van der Waals surface area contributed by atoms with E-state index >= 15 is 0 Å². The van der Waals surface area contributed by atoms with Crippen molar-refractivity contribution in [2.75, 3.05) is 89.7 Å². The number of rotatable bonds is 16. The Hall–Kier alpha value is -6.58. The third-order valence-electron chi connectivity index (χ3n) is 10.5. The van der Waals surface area contributed by atoms with Crippen molar-refractivity contribution in [1.29, 1.82) is 0 Å². The van der Waals surface area contributed by atoms with Crippen LogP contribution in [-0.4, -0.2) is 140 Å². The molecule has 1 saturated heterocycles. The van der Waals surface area contributed by atoms with Gasteiger partial charge in [0.15, 0.2) is 0 Å². The van der Waals surface area contributed by atoms with Gasteiger partial charge in [-0.05, 0) is 123 Å². The number of ether oxygens (including phenoxy) is 4. The van der Waals surface area contributed by atoms with E-state index in [2.05, 4.69) is 33.4 Å². The van der Waals surface area contributed by atoms with Gasteiger partial charge in [0.2, 0.25) is 5.95 Å². The molecule has 0 saturated carbocycles. The number of nitrogens with zero attached hydrogens (tertiary/aromatic N) is 6. The summed E-state index contributed by atoms with van der Waals surface area (Å²) in [5, 5.41) is 6.03. The molecule has 0 aliphatic carbocycles. The number of methoxy groups -OCH3 is 1. The molecule has 0 radical (unpaired) electrons. The molecular weight excluding hydrogens is 833 g/mol. The molecule has 1 aliphatic heterocycles. The number of piperazine rings is 1. The zero-order valence-electron chi connectivity index (χ0n) is 39.6. The van der Waals surface area contributed by atoms with Gasteiger partial charge in [0.05, 0.1) is 41.9 Å². The van der Waals surface area contributed by atoms with Crippen LogP contribution in [0.5, 0.6) is 11.5 Å². The van der Waals surface area contributed by atoms with Crippen LogP contribution in [0.1, 0.15) is 87.1 Å². The monoisotopic (exact) mass is 896 g/mol. The minimum atomic E-state index is -0.824. The predicted octanol–water partition coefficient (Wildman–Crippen LogP) is 7.46. The van der Waals surface area contributed by atoms with Crippen LogP contribution in [-0.2, 0) is 14.3 Å². The van der Waals surface area contributed by atoms with Gasteiger partial charge in [0, 0.05) is 58.9 Å². The van der Waals surface area contributed by atoms with Gasteiger partial charge in [-0.15, -0.1) is 0 Å². The lowest BCUT2D eigenvalue weighted by Gasteiger charge is -2.34. The van der Waals surface area contributed by atoms with Gasteiger partial charge in [-0.25, -0.2) is 23.9 Å². The summed E-state index contributed by atoms with van der Waals surface area (Å²) in [5.41, 5.74) is 2.12. The fourth-order valence-electron chi connectivity index (χ4n) is 7.02. The number of likely N-dealkylation sites (N-methyl/N-ethyl adjacent to an activating group) is 2. The zero-order chi connectivity index (χ0) is 47.6. The molecule has 1 aliphatic rings. The van der Waals surface area contributed by atoms with Crippen LogP contribution in [0.25, 0.3) is 11.0 Å². The van der Waals surface area contributed by atoms with E-state index in [9.17, 15) is 24.0 Å². The first-order chi connectivity index (χ1) is 30.7. The molecule has 3 amide bonds. The molecule has 3 aromatic carbocycles. The smallest absolute Gasteiger partial charge is 0.421 e. The Morgan fingerprint density at radius 1 is 0.877 bits per heavy atom. The Morgan fingerprint density at radius 3 is 2.25 bits per heavy atom. The molecule has 0 bridgehead atoms. The van der Waals surface area contributed by atoms with Gasteiger partial charge >= 0.3 is 12.2 Å². The van der Waals surface area contributed by atoms with E-state index in [4.69, 9.17) is 23.9 Å². The maximum absolute atomic E-state index is 14.0. The second kappa shape index (κ2) is 21.4. The number of unbranched alkanes of at least 4 members (excludes halogenated alkanes) is 1. The second-order valence-corrected chi connectivity index (χ2v) is 18.1. The average molecular weight is 897 g/mol. The summed E-state index contributed by atoms with van der Waals surface area (Å²) in [5.74, 6) is 2.09. The fraction of sp³-hybridized carbons (Fsp3) is 0.479. The van der Waals surface area contributed by atoms with Crippen molar-refractivity contribution in [2.45, 2.75) is 78.9 Å². The highest BCUT2D eigenvalue weighted by molar-refractivity contribution is 6.12. The number of fused-ring (bicyclic) bond motifs is 1. The van der Waals surface area contributed by atoms with E-state index in [-0.39, 0.29) is 41.8 Å². The molecule has 350 valence electrons. The summed E-state index contributed by atoms with van der Waals surface area (Å²) >= 11 is 0. The largest absolute Gasteiger partial charge is 0.496 e. The summed E-state index contributed by atoms with van der Waals surface area (Å²) < 4.78 is 24.3. The first kappa shape index (κ1) is 49.4. The highest BCUT2D eigenvalue weighted by Gasteiger charge is 2.27. The maximum Gasteiger partial charge on any atom is 0.421 e. The number of amides is 3. The molecule has 65 heavy (non-hydrogen) atoms. The summed E-state index contributed by atoms with van der Waals surface area (Å²) in [4.78, 5) is 77.8. The van der Waals surface area contributed by atoms with E-state index in [1.54, 1.807) is 79.9 Å². The number of imidazole rings is 1. The van der Waals surface area contributed by atoms with E-state index in [1.807, 2.05) is 25.1 Å². The zero-order valence-corrected chi connectivity index (χ0v) is 39.6. The summed E-state index contributed by atoms with van der Waals surface area (Å²) in [6.07, 6.45) is 0.890. The lowest BCUT2D eigenvalue weighted by molar-refractivity contribution is 0.0304. The van der Waals surface area contributed by atoms with Gasteiger partial charge < -0.3 is 49.2 Å². The highest BCUT2D eigenvalue weighted by atomic mass is 16.6.